The van der Waals surface area contributed by atoms with E-state index in [4.69, 9.17) is 5.73 Å². The van der Waals surface area contributed by atoms with Crippen LogP contribution >= 0.6 is 0 Å². The second-order valence-electron chi connectivity index (χ2n) is 6.24. The molecule has 2 heterocycles. The highest BCUT2D eigenvalue weighted by Gasteiger charge is 2.28. The van der Waals surface area contributed by atoms with Crippen LogP contribution in [0.3, 0.4) is 0 Å². The summed E-state index contributed by atoms with van der Waals surface area (Å²) in [6.07, 6.45) is 1.86. The lowest BCUT2D eigenvalue weighted by Crippen LogP contribution is -2.52. The van der Waals surface area contributed by atoms with E-state index in [9.17, 15) is 0 Å². The van der Waals surface area contributed by atoms with Crippen LogP contribution < -0.4 is 5.73 Å². The molecule has 2 unspecified atom stereocenters. The van der Waals surface area contributed by atoms with E-state index >= 15 is 0 Å². The number of nitrogens with two attached hydrogens (primary N) is 1. The molecule has 2 rings (SSSR count). The predicted octanol–water partition coefficient (Wildman–Crippen LogP) is 0.649. The van der Waals surface area contributed by atoms with Gasteiger partial charge in [-0.2, -0.15) is 0 Å². The summed E-state index contributed by atoms with van der Waals surface area (Å²) in [5.74, 6) is 0. The van der Waals surface area contributed by atoms with Gasteiger partial charge in [0.15, 0.2) is 0 Å². The van der Waals surface area contributed by atoms with Crippen molar-refractivity contribution in [3.63, 3.8) is 0 Å². The van der Waals surface area contributed by atoms with Crippen molar-refractivity contribution in [2.75, 3.05) is 53.4 Å². The molecule has 0 bridgehead atoms. The highest BCUT2D eigenvalue weighted by atomic mass is 15.3. The Kier molecular flexibility index (Phi) is 6.11. The van der Waals surface area contributed by atoms with E-state index in [2.05, 4.69) is 46.8 Å². The van der Waals surface area contributed by atoms with E-state index in [-0.39, 0.29) is 12.1 Å². The second kappa shape index (κ2) is 7.84. The van der Waals surface area contributed by atoms with E-state index < -0.39 is 0 Å². The number of hydrogen-bond acceptors (Lipinski definition) is 5. The molecule has 1 aromatic rings. The average Bonchev–Trinajstić information content (AvgIpc) is 2.47. The highest BCUT2D eigenvalue weighted by molar-refractivity contribution is 5.11. The minimum atomic E-state index is 0.0909. The zero-order chi connectivity index (χ0) is 15.2. The van der Waals surface area contributed by atoms with Crippen LogP contribution in [0.5, 0.6) is 0 Å². The lowest BCUT2D eigenvalue weighted by Gasteiger charge is -2.40. The minimum absolute atomic E-state index is 0.0909. The van der Waals surface area contributed by atoms with Crippen molar-refractivity contribution in [2.45, 2.75) is 19.0 Å². The van der Waals surface area contributed by atoms with Crippen LogP contribution in [0.25, 0.3) is 0 Å². The van der Waals surface area contributed by atoms with Gasteiger partial charge in [-0.15, -0.1) is 0 Å². The maximum Gasteiger partial charge on any atom is 0.0671 e. The molecule has 21 heavy (non-hydrogen) atoms. The number of piperazine rings is 1. The van der Waals surface area contributed by atoms with Gasteiger partial charge in [0.25, 0.3) is 0 Å². The Bertz CT molecular complexity index is 398. The molecular formula is C16H29N5. The summed E-state index contributed by atoms with van der Waals surface area (Å²) in [6.45, 7) is 8.71. The molecule has 1 saturated heterocycles. The van der Waals surface area contributed by atoms with Gasteiger partial charge in [-0.1, -0.05) is 6.07 Å². The fourth-order valence-corrected chi connectivity index (χ4v) is 2.95. The number of likely N-dealkylation sites (N-methyl/N-ethyl adjacent to an activating group) is 1. The van der Waals surface area contributed by atoms with Crippen LogP contribution in [0, 0.1) is 0 Å². The van der Waals surface area contributed by atoms with Crippen molar-refractivity contribution >= 4 is 0 Å². The fraction of sp³-hybridized carbons (Fsp3) is 0.688. The van der Waals surface area contributed by atoms with Crippen molar-refractivity contribution in [3.8, 4) is 0 Å². The van der Waals surface area contributed by atoms with Crippen molar-refractivity contribution in [2.24, 2.45) is 5.73 Å². The third-order valence-electron chi connectivity index (χ3n) is 4.15. The third-order valence-corrected chi connectivity index (χ3v) is 4.15. The summed E-state index contributed by atoms with van der Waals surface area (Å²) in [6, 6.07) is 6.41. The van der Waals surface area contributed by atoms with Crippen molar-refractivity contribution < 1.29 is 0 Å². The van der Waals surface area contributed by atoms with Crippen molar-refractivity contribution in [1.82, 2.24) is 19.7 Å². The van der Waals surface area contributed by atoms with Crippen molar-refractivity contribution in [1.29, 1.82) is 0 Å². The molecule has 0 saturated carbocycles. The first-order valence-corrected chi connectivity index (χ1v) is 7.85. The Morgan fingerprint density at radius 1 is 1.24 bits per heavy atom. The average molecular weight is 291 g/mol. The molecule has 118 valence electrons. The second-order valence-corrected chi connectivity index (χ2v) is 6.24. The van der Waals surface area contributed by atoms with Gasteiger partial charge in [0.2, 0.25) is 0 Å². The van der Waals surface area contributed by atoms with Gasteiger partial charge in [0.05, 0.1) is 11.7 Å². The van der Waals surface area contributed by atoms with Crippen LogP contribution in [0.4, 0.5) is 0 Å². The SMILES string of the molecule is CC(N)C(c1ccccn1)N1CCN(CCN(C)C)CC1. The van der Waals surface area contributed by atoms with Gasteiger partial charge in [0.1, 0.15) is 0 Å². The molecule has 0 amide bonds. The standard InChI is InChI=1S/C16H29N5/c1-14(17)16(15-6-4-5-7-18-15)21-12-10-20(11-13-21)9-8-19(2)3/h4-7,14,16H,8-13,17H2,1-3H3. The Labute approximate surface area is 128 Å². The smallest absolute Gasteiger partial charge is 0.0671 e. The number of aromatic nitrogens is 1. The molecule has 1 fully saturated rings. The maximum absolute atomic E-state index is 6.23. The molecule has 2 N–H and O–H groups in total. The highest BCUT2D eigenvalue weighted by Crippen LogP contribution is 2.22. The van der Waals surface area contributed by atoms with Gasteiger partial charge in [-0.05, 0) is 33.2 Å². The van der Waals surface area contributed by atoms with Gasteiger partial charge < -0.3 is 10.6 Å². The normalized spacial score (nSPS) is 20.6. The van der Waals surface area contributed by atoms with Crippen LogP contribution in [-0.4, -0.2) is 79.1 Å². The number of nitrogens with zero attached hydrogens (tertiary/aromatic N) is 4. The first kappa shape index (κ1) is 16.4. The number of hydrogen-bond donors (Lipinski definition) is 1. The van der Waals surface area contributed by atoms with Crippen LogP contribution in [-0.2, 0) is 0 Å². The molecular weight excluding hydrogens is 262 g/mol. The van der Waals surface area contributed by atoms with Crippen LogP contribution in [0.15, 0.2) is 24.4 Å². The van der Waals surface area contributed by atoms with Crippen LogP contribution in [0.1, 0.15) is 18.7 Å². The molecule has 0 aromatic carbocycles. The third kappa shape index (κ3) is 4.74. The lowest BCUT2D eigenvalue weighted by molar-refractivity contribution is 0.0814. The largest absolute Gasteiger partial charge is 0.326 e. The molecule has 1 aliphatic rings. The summed E-state index contributed by atoms with van der Waals surface area (Å²) in [5, 5.41) is 0. The summed E-state index contributed by atoms with van der Waals surface area (Å²) < 4.78 is 0. The molecule has 5 nitrogen and oxygen atoms in total. The van der Waals surface area contributed by atoms with Gasteiger partial charge in [-0.25, -0.2) is 0 Å². The van der Waals surface area contributed by atoms with E-state index in [1.165, 1.54) is 0 Å². The molecule has 0 radical (unpaired) electrons. The van der Waals surface area contributed by atoms with E-state index in [1.54, 1.807) is 0 Å². The lowest BCUT2D eigenvalue weighted by atomic mass is 10.0. The topological polar surface area (TPSA) is 48.6 Å². The van der Waals surface area contributed by atoms with Gasteiger partial charge >= 0.3 is 0 Å². The molecule has 0 spiro atoms. The first-order chi connectivity index (χ1) is 10.1. The van der Waals surface area contributed by atoms with E-state index in [1.807, 2.05) is 18.3 Å². The van der Waals surface area contributed by atoms with Gasteiger partial charge in [-0.3, -0.25) is 14.8 Å². The van der Waals surface area contributed by atoms with Crippen LogP contribution in [0.2, 0.25) is 0 Å². The Balaban J connectivity index is 1.92. The minimum Gasteiger partial charge on any atom is -0.326 e. The summed E-state index contributed by atoms with van der Waals surface area (Å²) in [5.41, 5.74) is 7.32. The predicted molar refractivity (Wildman–Crippen MR) is 87.2 cm³/mol. The molecule has 1 aliphatic heterocycles. The van der Waals surface area contributed by atoms with Gasteiger partial charge in [0, 0.05) is 51.5 Å². The maximum atomic E-state index is 6.23. The first-order valence-electron chi connectivity index (χ1n) is 7.85. The Morgan fingerprint density at radius 2 is 1.95 bits per heavy atom. The summed E-state index contributed by atoms with van der Waals surface area (Å²) in [7, 11) is 4.26. The van der Waals surface area contributed by atoms with E-state index in [0.717, 1.165) is 45.0 Å². The number of rotatable bonds is 6. The van der Waals surface area contributed by atoms with Crippen molar-refractivity contribution in [3.05, 3.63) is 30.1 Å². The summed E-state index contributed by atoms with van der Waals surface area (Å²) >= 11 is 0. The quantitative estimate of drug-likeness (QED) is 0.834. The molecule has 5 heteroatoms. The fourth-order valence-electron chi connectivity index (χ4n) is 2.95. The number of pyridine rings is 1. The molecule has 2 atom stereocenters. The Morgan fingerprint density at radius 3 is 2.48 bits per heavy atom. The molecule has 1 aromatic heterocycles. The Hall–Kier alpha value is -1.01. The monoisotopic (exact) mass is 291 g/mol. The molecule has 0 aliphatic carbocycles. The zero-order valence-corrected chi connectivity index (χ0v) is 13.6. The zero-order valence-electron chi connectivity index (χ0n) is 13.6. The van der Waals surface area contributed by atoms with E-state index in [0.29, 0.717) is 0 Å². The summed E-state index contributed by atoms with van der Waals surface area (Å²) in [4.78, 5) is 11.8.